The van der Waals surface area contributed by atoms with Crippen molar-refractivity contribution in [1.29, 1.82) is 0 Å². The van der Waals surface area contributed by atoms with Gasteiger partial charge in [-0.25, -0.2) is 4.98 Å². The summed E-state index contributed by atoms with van der Waals surface area (Å²) in [7, 11) is 0. The summed E-state index contributed by atoms with van der Waals surface area (Å²) in [5.41, 5.74) is 8.94. The number of para-hydroxylation sites is 2. The highest BCUT2D eigenvalue weighted by Crippen LogP contribution is 2.62. The molecule has 4 atom stereocenters. The van der Waals surface area contributed by atoms with Gasteiger partial charge in [0, 0.05) is 11.1 Å². The minimum atomic E-state index is 0.269. The molecule has 3 unspecified atom stereocenters. The van der Waals surface area contributed by atoms with Gasteiger partial charge in [-0.15, -0.1) is 0 Å². The maximum Gasteiger partial charge on any atom is 0.100 e. The highest BCUT2D eigenvalue weighted by molar-refractivity contribution is 5.80. The van der Waals surface area contributed by atoms with E-state index in [1.807, 2.05) is 0 Å². The summed E-state index contributed by atoms with van der Waals surface area (Å²) in [6.45, 7) is 4.81. The van der Waals surface area contributed by atoms with Gasteiger partial charge in [0.05, 0.1) is 11.0 Å². The molecule has 2 nitrogen and oxygen atoms in total. The van der Waals surface area contributed by atoms with Crippen LogP contribution in [0, 0.1) is 17.3 Å². The lowest BCUT2D eigenvalue weighted by atomic mass is 9.55. The van der Waals surface area contributed by atoms with Crippen LogP contribution in [0.2, 0.25) is 0 Å². The Labute approximate surface area is 173 Å². The first-order valence-corrected chi connectivity index (χ1v) is 11.4. The zero-order valence-electron chi connectivity index (χ0n) is 17.6. The number of aromatic nitrogens is 2. The number of aryl methyl sites for hydroxylation is 2. The number of rotatable bonds is 2. The first-order chi connectivity index (χ1) is 14.2. The van der Waals surface area contributed by atoms with Gasteiger partial charge in [0.1, 0.15) is 6.33 Å². The number of hydrogen-bond acceptors (Lipinski definition) is 1. The SMILES string of the molecule is CCc1ccc2c(c1)CCC1C2CC[C@]2(C)C(n3cnc4ccccc43)=CCC12. The van der Waals surface area contributed by atoms with Crippen molar-refractivity contribution < 1.29 is 0 Å². The summed E-state index contributed by atoms with van der Waals surface area (Å²) in [6, 6.07) is 15.9. The van der Waals surface area contributed by atoms with Crippen LogP contribution >= 0.6 is 0 Å². The molecule has 1 aromatic heterocycles. The van der Waals surface area contributed by atoms with E-state index in [2.05, 4.69) is 78.3 Å². The van der Waals surface area contributed by atoms with Crippen LogP contribution in [-0.4, -0.2) is 9.55 Å². The van der Waals surface area contributed by atoms with Gasteiger partial charge in [-0.1, -0.05) is 50.3 Å². The Kier molecular flexibility index (Phi) is 3.82. The summed E-state index contributed by atoms with van der Waals surface area (Å²) in [6.07, 6.45) is 12.2. The molecular formula is C27H30N2. The predicted octanol–water partition coefficient (Wildman–Crippen LogP) is 6.61. The topological polar surface area (TPSA) is 17.8 Å². The third kappa shape index (κ3) is 2.44. The minimum absolute atomic E-state index is 0.269. The maximum atomic E-state index is 4.68. The van der Waals surface area contributed by atoms with Crippen LogP contribution in [0.15, 0.2) is 54.9 Å². The molecule has 2 aromatic carbocycles. The van der Waals surface area contributed by atoms with Gasteiger partial charge in [0.2, 0.25) is 0 Å². The van der Waals surface area contributed by atoms with Gasteiger partial charge >= 0.3 is 0 Å². The average molecular weight is 383 g/mol. The summed E-state index contributed by atoms with van der Waals surface area (Å²) in [4.78, 5) is 4.68. The molecule has 148 valence electrons. The number of allylic oxidation sites excluding steroid dienone is 2. The molecule has 0 radical (unpaired) electrons. The van der Waals surface area contributed by atoms with Crippen LogP contribution < -0.4 is 0 Å². The van der Waals surface area contributed by atoms with Crippen molar-refractivity contribution >= 4 is 16.7 Å². The van der Waals surface area contributed by atoms with Gasteiger partial charge in [0.15, 0.2) is 0 Å². The number of hydrogen-bond donors (Lipinski definition) is 0. The van der Waals surface area contributed by atoms with E-state index in [4.69, 9.17) is 0 Å². The number of fused-ring (bicyclic) bond motifs is 6. The third-order valence-corrected chi connectivity index (χ3v) is 8.45. The number of nitrogens with zero attached hydrogens (tertiary/aromatic N) is 2. The minimum Gasteiger partial charge on any atom is -0.302 e. The molecule has 3 aliphatic rings. The molecule has 3 aromatic rings. The van der Waals surface area contributed by atoms with Crippen LogP contribution in [-0.2, 0) is 12.8 Å². The largest absolute Gasteiger partial charge is 0.302 e. The van der Waals surface area contributed by atoms with E-state index in [1.54, 1.807) is 11.1 Å². The Hall–Kier alpha value is -2.35. The summed E-state index contributed by atoms with van der Waals surface area (Å²) >= 11 is 0. The van der Waals surface area contributed by atoms with E-state index < -0.39 is 0 Å². The first kappa shape index (κ1) is 17.5. The molecule has 0 aliphatic heterocycles. The van der Waals surface area contributed by atoms with Crippen molar-refractivity contribution in [3.8, 4) is 0 Å². The van der Waals surface area contributed by atoms with Crippen molar-refractivity contribution in [2.24, 2.45) is 17.3 Å². The molecule has 1 fully saturated rings. The lowest BCUT2D eigenvalue weighted by molar-refractivity contribution is 0.0856. The van der Waals surface area contributed by atoms with Crippen molar-refractivity contribution in [1.82, 2.24) is 9.55 Å². The highest BCUT2D eigenvalue weighted by Gasteiger charge is 2.52. The monoisotopic (exact) mass is 382 g/mol. The van der Waals surface area contributed by atoms with E-state index in [0.29, 0.717) is 0 Å². The first-order valence-electron chi connectivity index (χ1n) is 11.4. The van der Waals surface area contributed by atoms with Crippen molar-refractivity contribution in [2.75, 3.05) is 0 Å². The van der Waals surface area contributed by atoms with Gasteiger partial charge < -0.3 is 4.57 Å². The molecule has 3 aliphatic carbocycles. The van der Waals surface area contributed by atoms with Crippen molar-refractivity contribution in [3.63, 3.8) is 0 Å². The van der Waals surface area contributed by atoms with Gasteiger partial charge in [0.25, 0.3) is 0 Å². The zero-order chi connectivity index (χ0) is 19.6. The zero-order valence-corrected chi connectivity index (χ0v) is 17.6. The number of imidazole rings is 1. The Bertz CT molecular complexity index is 1120. The van der Waals surface area contributed by atoms with Crippen molar-refractivity contribution in [2.45, 2.75) is 58.3 Å². The molecule has 0 spiro atoms. The second-order valence-corrected chi connectivity index (χ2v) is 9.69. The fraction of sp³-hybridized carbons (Fsp3) is 0.444. The molecule has 6 rings (SSSR count). The Morgan fingerprint density at radius 3 is 2.93 bits per heavy atom. The van der Waals surface area contributed by atoms with Gasteiger partial charge in [-0.2, -0.15) is 0 Å². The molecular weight excluding hydrogens is 352 g/mol. The quantitative estimate of drug-likeness (QED) is 0.488. The van der Waals surface area contributed by atoms with Crippen LogP contribution in [0.1, 0.15) is 62.1 Å². The van der Waals surface area contributed by atoms with Crippen LogP contribution in [0.4, 0.5) is 0 Å². The molecule has 0 amide bonds. The van der Waals surface area contributed by atoms with E-state index in [9.17, 15) is 0 Å². The highest BCUT2D eigenvalue weighted by atomic mass is 15.1. The van der Waals surface area contributed by atoms with E-state index >= 15 is 0 Å². The summed E-state index contributed by atoms with van der Waals surface area (Å²) < 4.78 is 2.39. The lowest BCUT2D eigenvalue weighted by Gasteiger charge is -2.50. The molecule has 1 saturated carbocycles. The van der Waals surface area contributed by atoms with E-state index in [-0.39, 0.29) is 5.41 Å². The van der Waals surface area contributed by atoms with Gasteiger partial charge in [-0.05, 0) is 85.1 Å². The summed E-state index contributed by atoms with van der Waals surface area (Å²) in [5.74, 6) is 2.34. The molecule has 1 heterocycles. The van der Waals surface area contributed by atoms with Crippen LogP contribution in [0.5, 0.6) is 0 Å². The third-order valence-electron chi connectivity index (χ3n) is 8.45. The Morgan fingerprint density at radius 1 is 1.14 bits per heavy atom. The molecule has 2 heteroatoms. The molecule has 29 heavy (non-hydrogen) atoms. The van der Waals surface area contributed by atoms with E-state index in [0.717, 1.165) is 29.7 Å². The summed E-state index contributed by atoms with van der Waals surface area (Å²) in [5, 5.41) is 0. The van der Waals surface area contributed by atoms with Gasteiger partial charge in [-0.3, -0.25) is 0 Å². The normalized spacial score (nSPS) is 30.6. The van der Waals surface area contributed by atoms with Crippen molar-refractivity contribution in [3.05, 3.63) is 71.6 Å². The number of benzene rings is 2. The Morgan fingerprint density at radius 2 is 2.03 bits per heavy atom. The average Bonchev–Trinajstić information content (AvgIpc) is 3.33. The maximum absolute atomic E-state index is 4.68. The predicted molar refractivity (Wildman–Crippen MR) is 120 cm³/mol. The Balaban J connectivity index is 1.36. The van der Waals surface area contributed by atoms with Crippen LogP contribution in [0.25, 0.3) is 16.7 Å². The molecule has 0 saturated heterocycles. The smallest absolute Gasteiger partial charge is 0.100 e. The molecule has 0 N–H and O–H groups in total. The fourth-order valence-corrected chi connectivity index (χ4v) is 6.92. The second kappa shape index (κ2) is 6.32. The van der Waals surface area contributed by atoms with Crippen LogP contribution in [0.3, 0.4) is 0 Å². The fourth-order valence-electron chi connectivity index (χ4n) is 6.92. The standard InChI is InChI=1S/C27H30N2/c1-3-18-8-10-20-19(16-18)9-11-22-21(20)14-15-27(2)23(22)12-13-26(27)29-17-28-24-6-4-5-7-25(24)29/h4-8,10,13,16-17,21-23H,3,9,11-12,14-15H2,1-2H3/t21?,22?,23?,27-/m0/s1. The van der Waals surface area contributed by atoms with E-state index in [1.165, 1.54) is 48.9 Å². The second-order valence-electron chi connectivity index (χ2n) is 9.69. The lowest BCUT2D eigenvalue weighted by Crippen LogP contribution is -2.41. The molecule has 0 bridgehead atoms.